The highest BCUT2D eigenvalue weighted by molar-refractivity contribution is 7.99. The number of thioether (sulfide) groups is 1. The summed E-state index contributed by atoms with van der Waals surface area (Å²) in [5.74, 6) is 0.290. The van der Waals surface area contributed by atoms with Crippen LogP contribution in [0.4, 0.5) is 8.78 Å². The summed E-state index contributed by atoms with van der Waals surface area (Å²) in [5.41, 5.74) is 5.35. The number of carbonyl (C=O) groups is 1. The van der Waals surface area contributed by atoms with Crippen LogP contribution in [-0.2, 0) is 11.3 Å². The lowest BCUT2D eigenvalue weighted by Gasteiger charge is -2.40. The van der Waals surface area contributed by atoms with Crippen LogP contribution >= 0.6 is 11.8 Å². The number of hydrogen-bond donors (Lipinski definition) is 0. The molecule has 1 fully saturated rings. The third-order valence-electron chi connectivity index (χ3n) is 8.94. The Labute approximate surface area is 282 Å². The number of aromatic nitrogens is 4. The molecule has 7 nitrogen and oxygen atoms in total. The second-order valence-corrected chi connectivity index (χ2v) is 13.1. The number of rotatable bonds is 11. The van der Waals surface area contributed by atoms with Gasteiger partial charge in [0.05, 0.1) is 11.6 Å². The Balaban J connectivity index is 0.935. The molecule has 2 aromatic heterocycles. The second-order valence-electron chi connectivity index (χ2n) is 12.1. The van der Waals surface area contributed by atoms with Gasteiger partial charge in [-0.1, -0.05) is 84.6 Å². The molecule has 3 heterocycles. The zero-order chi connectivity index (χ0) is 32.9. The Kier molecular flexibility index (Phi) is 9.72. The first-order valence-corrected chi connectivity index (χ1v) is 17.3. The summed E-state index contributed by atoms with van der Waals surface area (Å²) in [6.45, 7) is 3.53. The van der Waals surface area contributed by atoms with E-state index in [9.17, 15) is 13.6 Å². The number of carbonyl (C=O) groups excluding carboxylic acids is 1. The van der Waals surface area contributed by atoms with Gasteiger partial charge in [-0.3, -0.25) is 9.69 Å². The predicted octanol–water partition coefficient (Wildman–Crippen LogP) is 7.50. The van der Waals surface area contributed by atoms with Crippen LogP contribution in [0.3, 0.4) is 0 Å². The first-order chi connectivity index (χ1) is 23.5. The van der Waals surface area contributed by atoms with Crippen molar-refractivity contribution >= 4 is 39.7 Å². The summed E-state index contributed by atoms with van der Waals surface area (Å²) in [5, 5.41) is 9.92. The van der Waals surface area contributed by atoms with Crippen LogP contribution in [0.5, 0.6) is 0 Å². The summed E-state index contributed by atoms with van der Waals surface area (Å²) in [7, 11) is 0. The fourth-order valence-electron chi connectivity index (χ4n) is 6.52. The van der Waals surface area contributed by atoms with Crippen molar-refractivity contribution < 1.29 is 13.6 Å². The van der Waals surface area contributed by atoms with Crippen LogP contribution in [0, 0.1) is 11.6 Å². The van der Waals surface area contributed by atoms with Gasteiger partial charge in [-0.25, -0.2) is 13.8 Å². The van der Waals surface area contributed by atoms with E-state index in [0.717, 1.165) is 55.9 Å². The summed E-state index contributed by atoms with van der Waals surface area (Å²) in [6.07, 6.45) is 2.13. The molecule has 1 aliphatic heterocycles. The molecule has 244 valence electrons. The van der Waals surface area contributed by atoms with Crippen LogP contribution in [0.2, 0.25) is 0 Å². The third-order valence-corrected chi connectivity index (χ3v) is 9.87. The molecule has 4 aromatic carbocycles. The predicted molar refractivity (Wildman–Crippen MR) is 186 cm³/mol. The van der Waals surface area contributed by atoms with Crippen molar-refractivity contribution in [3.05, 3.63) is 131 Å². The molecule has 0 spiro atoms. The minimum Gasteiger partial charge on any atom is -0.340 e. The van der Waals surface area contributed by atoms with Crippen molar-refractivity contribution in [3.63, 3.8) is 0 Å². The minimum absolute atomic E-state index is 0.169. The topological polar surface area (TPSA) is 67.2 Å². The van der Waals surface area contributed by atoms with Gasteiger partial charge >= 0.3 is 0 Å². The second kappa shape index (κ2) is 14.6. The van der Waals surface area contributed by atoms with E-state index in [4.69, 9.17) is 4.98 Å². The van der Waals surface area contributed by atoms with Gasteiger partial charge in [0.25, 0.3) is 0 Å². The van der Waals surface area contributed by atoms with Crippen molar-refractivity contribution in [2.75, 3.05) is 31.9 Å². The number of benzene rings is 4. The Morgan fingerprint density at radius 3 is 2.12 bits per heavy atom. The standard InChI is InChI=1S/C38H36F2N6OS/c39-30-16-14-27(15-17-30)26-46-33-19-18-31(40)25-32(33)35-37(46)41-38(43-42-35)48-24-8-7-13-34(47)44-20-22-45(23-21-44)36(28-9-3-1-4-10-28)29-11-5-2-6-12-29/h1-6,9-12,14-19,25,36H,7-8,13,20-24,26H2. The maximum atomic E-state index is 14.2. The van der Waals surface area contributed by atoms with E-state index in [1.807, 2.05) is 21.6 Å². The highest BCUT2D eigenvalue weighted by Crippen LogP contribution is 2.31. The molecular formula is C38H36F2N6OS. The molecule has 0 saturated carbocycles. The molecule has 0 radical (unpaired) electrons. The molecule has 0 atom stereocenters. The molecule has 0 bridgehead atoms. The van der Waals surface area contributed by atoms with Gasteiger partial charge < -0.3 is 9.47 Å². The summed E-state index contributed by atoms with van der Waals surface area (Å²) < 4.78 is 29.7. The maximum Gasteiger partial charge on any atom is 0.222 e. The molecule has 7 rings (SSSR count). The van der Waals surface area contributed by atoms with E-state index in [-0.39, 0.29) is 23.6 Å². The molecule has 1 amide bonds. The van der Waals surface area contributed by atoms with Gasteiger partial charge in [-0.15, -0.1) is 10.2 Å². The molecule has 10 heteroatoms. The van der Waals surface area contributed by atoms with Crippen LogP contribution < -0.4 is 0 Å². The van der Waals surface area contributed by atoms with Crippen molar-refractivity contribution in [2.45, 2.75) is 37.0 Å². The van der Waals surface area contributed by atoms with Crippen LogP contribution in [0.25, 0.3) is 22.1 Å². The fourth-order valence-corrected chi connectivity index (χ4v) is 7.30. The summed E-state index contributed by atoms with van der Waals surface area (Å²) >= 11 is 1.50. The largest absolute Gasteiger partial charge is 0.340 e. The Hall–Kier alpha value is -4.67. The number of piperazine rings is 1. The molecule has 1 saturated heterocycles. The average Bonchev–Trinajstić information content (AvgIpc) is 3.41. The quantitative estimate of drug-likeness (QED) is 0.106. The highest BCUT2D eigenvalue weighted by Gasteiger charge is 2.28. The van der Waals surface area contributed by atoms with Crippen LogP contribution in [0.15, 0.2) is 108 Å². The Morgan fingerprint density at radius 1 is 0.771 bits per heavy atom. The van der Waals surface area contributed by atoms with Gasteiger partial charge in [0.2, 0.25) is 11.1 Å². The highest BCUT2D eigenvalue weighted by atomic mass is 32.2. The van der Waals surface area contributed by atoms with Gasteiger partial charge in [0.1, 0.15) is 17.2 Å². The average molecular weight is 663 g/mol. The first kappa shape index (κ1) is 31.9. The first-order valence-electron chi connectivity index (χ1n) is 16.3. The fraction of sp³-hybridized carbons (Fsp3) is 0.263. The lowest BCUT2D eigenvalue weighted by atomic mass is 9.96. The van der Waals surface area contributed by atoms with E-state index < -0.39 is 0 Å². The number of nitrogens with zero attached hydrogens (tertiary/aromatic N) is 6. The monoisotopic (exact) mass is 662 g/mol. The van der Waals surface area contributed by atoms with Gasteiger partial charge in [-0.2, -0.15) is 0 Å². The third kappa shape index (κ3) is 7.10. The SMILES string of the molecule is O=C(CCCCSc1nnc2c3cc(F)ccc3n(Cc3ccc(F)cc3)c2n1)N1CCN(C(c2ccccc2)c2ccccc2)CC1. The normalized spacial score (nSPS) is 13.9. The lowest BCUT2D eigenvalue weighted by Crippen LogP contribution is -2.49. The number of fused-ring (bicyclic) bond motifs is 3. The van der Waals surface area contributed by atoms with Crippen molar-refractivity contribution in [1.29, 1.82) is 0 Å². The Morgan fingerprint density at radius 2 is 1.44 bits per heavy atom. The van der Waals surface area contributed by atoms with Gasteiger partial charge in [-0.05, 0) is 59.9 Å². The zero-order valence-electron chi connectivity index (χ0n) is 26.5. The smallest absolute Gasteiger partial charge is 0.222 e. The molecule has 0 aliphatic carbocycles. The van der Waals surface area contributed by atoms with Crippen molar-refractivity contribution in [2.24, 2.45) is 0 Å². The van der Waals surface area contributed by atoms with Crippen LogP contribution in [-0.4, -0.2) is 67.4 Å². The van der Waals surface area contributed by atoms with E-state index in [2.05, 4.69) is 63.6 Å². The number of unbranched alkanes of at least 4 members (excludes halogenated alkanes) is 1. The van der Waals surface area contributed by atoms with Crippen molar-refractivity contribution in [1.82, 2.24) is 29.5 Å². The molecule has 48 heavy (non-hydrogen) atoms. The lowest BCUT2D eigenvalue weighted by molar-refractivity contribution is -0.133. The van der Waals surface area contributed by atoms with E-state index in [0.29, 0.717) is 34.7 Å². The molecule has 0 unspecified atom stereocenters. The molecular weight excluding hydrogens is 627 g/mol. The van der Waals surface area contributed by atoms with E-state index >= 15 is 0 Å². The van der Waals surface area contributed by atoms with E-state index in [1.165, 1.54) is 47.2 Å². The number of halogens is 2. The molecule has 0 N–H and O–H groups in total. The Bertz CT molecular complexity index is 1960. The maximum absolute atomic E-state index is 14.2. The molecule has 6 aromatic rings. The minimum atomic E-state index is -0.358. The zero-order valence-corrected chi connectivity index (χ0v) is 27.3. The van der Waals surface area contributed by atoms with Gasteiger partial charge in [0, 0.05) is 50.3 Å². The number of amides is 1. The van der Waals surface area contributed by atoms with Gasteiger partial charge in [0.15, 0.2) is 5.65 Å². The number of hydrogen-bond acceptors (Lipinski definition) is 6. The summed E-state index contributed by atoms with van der Waals surface area (Å²) in [4.78, 5) is 22.4. The van der Waals surface area contributed by atoms with Crippen molar-refractivity contribution in [3.8, 4) is 0 Å². The van der Waals surface area contributed by atoms with E-state index in [1.54, 1.807) is 18.2 Å². The summed E-state index contributed by atoms with van der Waals surface area (Å²) in [6, 6.07) is 32.2. The molecule has 1 aliphatic rings. The van der Waals surface area contributed by atoms with Crippen LogP contribution in [0.1, 0.15) is 42.0 Å².